The van der Waals surface area contributed by atoms with Crippen molar-refractivity contribution in [1.82, 2.24) is 0 Å². The van der Waals surface area contributed by atoms with Crippen LogP contribution in [-0.4, -0.2) is 14.3 Å². The summed E-state index contributed by atoms with van der Waals surface area (Å²) in [5.41, 5.74) is 2.11. The third-order valence-corrected chi connectivity index (χ3v) is 5.18. The zero-order valence-electron chi connectivity index (χ0n) is 14.4. The minimum Gasteiger partial charge on any atom is -0.322 e. The molecule has 5 nitrogen and oxygen atoms in total. The van der Waals surface area contributed by atoms with E-state index in [1.54, 1.807) is 6.07 Å². The lowest BCUT2D eigenvalue weighted by molar-refractivity contribution is 0.102. The van der Waals surface area contributed by atoms with Crippen LogP contribution in [0.5, 0.6) is 0 Å². The van der Waals surface area contributed by atoms with Crippen molar-refractivity contribution in [1.29, 1.82) is 0 Å². The Balaban J connectivity index is 1.75. The number of anilines is 2. The highest BCUT2D eigenvalue weighted by Gasteiger charge is 2.15. The van der Waals surface area contributed by atoms with Gasteiger partial charge in [0.2, 0.25) is 0 Å². The molecule has 0 aliphatic heterocycles. The van der Waals surface area contributed by atoms with Gasteiger partial charge in [-0.25, -0.2) is 12.8 Å². The molecule has 7 heteroatoms. The van der Waals surface area contributed by atoms with Crippen LogP contribution < -0.4 is 10.0 Å². The molecule has 0 aromatic heterocycles. The minimum atomic E-state index is -3.89. The van der Waals surface area contributed by atoms with Crippen molar-refractivity contribution < 1.29 is 17.6 Å². The second-order valence-electron chi connectivity index (χ2n) is 5.96. The van der Waals surface area contributed by atoms with Crippen molar-refractivity contribution in [2.45, 2.75) is 11.8 Å². The van der Waals surface area contributed by atoms with E-state index < -0.39 is 15.8 Å². The molecule has 0 fully saturated rings. The van der Waals surface area contributed by atoms with Gasteiger partial charge in [0.15, 0.2) is 0 Å². The molecule has 138 valence electrons. The van der Waals surface area contributed by atoms with Crippen LogP contribution in [0.3, 0.4) is 0 Å². The van der Waals surface area contributed by atoms with Crippen molar-refractivity contribution in [3.63, 3.8) is 0 Å². The van der Waals surface area contributed by atoms with Crippen molar-refractivity contribution in [3.05, 3.63) is 89.7 Å². The maximum atomic E-state index is 13.2. The summed E-state index contributed by atoms with van der Waals surface area (Å²) in [6.45, 7) is 1.92. The Labute approximate surface area is 156 Å². The van der Waals surface area contributed by atoms with Crippen LogP contribution in [0.1, 0.15) is 15.9 Å². The number of benzene rings is 3. The zero-order chi connectivity index (χ0) is 19.4. The Morgan fingerprint density at radius 1 is 0.889 bits per heavy atom. The average Bonchev–Trinajstić information content (AvgIpc) is 2.61. The first-order valence-electron chi connectivity index (χ1n) is 8.10. The van der Waals surface area contributed by atoms with Crippen LogP contribution >= 0.6 is 0 Å². The Kier molecular flexibility index (Phi) is 5.23. The van der Waals surface area contributed by atoms with Crippen molar-refractivity contribution in [2.24, 2.45) is 0 Å². The molecule has 0 heterocycles. The first kappa shape index (κ1) is 18.6. The topological polar surface area (TPSA) is 75.3 Å². The standard InChI is InChI=1S/C20H17FN2O3S/c1-14-4-2-6-17(12-14)22-20(24)15-8-10-19(11-9-15)27(25,26)23-18-7-3-5-16(21)13-18/h2-13,23H,1H3,(H,22,24). The summed E-state index contributed by atoms with van der Waals surface area (Å²) in [5, 5.41) is 2.76. The summed E-state index contributed by atoms with van der Waals surface area (Å²) in [6, 6.07) is 18.0. The number of sulfonamides is 1. The highest BCUT2D eigenvalue weighted by Crippen LogP contribution is 2.18. The minimum absolute atomic E-state index is 0.0288. The van der Waals surface area contributed by atoms with E-state index in [4.69, 9.17) is 0 Å². The molecule has 0 aliphatic carbocycles. The van der Waals surface area contributed by atoms with E-state index in [9.17, 15) is 17.6 Å². The lowest BCUT2D eigenvalue weighted by atomic mass is 10.2. The van der Waals surface area contributed by atoms with Crippen molar-refractivity contribution in [3.8, 4) is 0 Å². The van der Waals surface area contributed by atoms with Crippen LogP contribution in [0, 0.1) is 12.7 Å². The molecule has 0 bridgehead atoms. The van der Waals surface area contributed by atoms with Gasteiger partial charge in [0.25, 0.3) is 15.9 Å². The van der Waals surface area contributed by atoms with E-state index in [1.807, 2.05) is 25.1 Å². The third kappa shape index (κ3) is 4.71. The molecular formula is C20H17FN2O3S. The predicted octanol–water partition coefficient (Wildman–Crippen LogP) is 4.19. The third-order valence-electron chi connectivity index (χ3n) is 3.78. The fourth-order valence-corrected chi connectivity index (χ4v) is 3.53. The van der Waals surface area contributed by atoms with Crippen LogP contribution in [0.15, 0.2) is 77.7 Å². The number of hydrogen-bond acceptors (Lipinski definition) is 3. The summed E-state index contributed by atoms with van der Waals surface area (Å²) in [5.74, 6) is -0.888. The quantitative estimate of drug-likeness (QED) is 0.693. The number of carbonyl (C=O) groups is 1. The molecule has 0 radical (unpaired) electrons. The summed E-state index contributed by atoms with van der Waals surface area (Å²) in [4.78, 5) is 12.3. The number of aryl methyl sites for hydroxylation is 1. The fraction of sp³-hybridized carbons (Fsp3) is 0.0500. The van der Waals surface area contributed by atoms with Crippen LogP contribution in [0.4, 0.5) is 15.8 Å². The van der Waals surface area contributed by atoms with E-state index in [0.29, 0.717) is 11.3 Å². The largest absolute Gasteiger partial charge is 0.322 e. The SMILES string of the molecule is Cc1cccc(NC(=O)c2ccc(S(=O)(=O)Nc3cccc(F)c3)cc2)c1. The Morgan fingerprint density at radius 2 is 1.56 bits per heavy atom. The monoisotopic (exact) mass is 384 g/mol. The highest BCUT2D eigenvalue weighted by molar-refractivity contribution is 7.92. The Hall–Kier alpha value is -3.19. The molecule has 2 N–H and O–H groups in total. The number of carbonyl (C=O) groups excluding carboxylic acids is 1. The van der Waals surface area contributed by atoms with Gasteiger partial charge in [-0.15, -0.1) is 0 Å². The molecule has 0 aliphatic rings. The van der Waals surface area contributed by atoms with Crippen molar-refractivity contribution in [2.75, 3.05) is 10.0 Å². The summed E-state index contributed by atoms with van der Waals surface area (Å²) >= 11 is 0. The molecular weight excluding hydrogens is 367 g/mol. The van der Waals surface area contributed by atoms with Crippen LogP contribution in [-0.2, 0) is 10.0 Å². The van der Waals surface area contributed by atoms with E-state index in [1.165, 1.54) is 42.5 Å². The van der Waals surface area contributed by atoms with Gasteiger partial charge in [-0.1, -0.05) is 18.2 Å². The summed E-state index contributed by atoms with van der Waals surface area (Å²) in [6.07, 6.45) is 0. The number of hydrogen-bond donors (Lipinski definition) is 2. The normalized spacial score (nSPS) is 11.0. The lowest BCUT2D eigenvalue weighted by Gasteiger charge is -2.09. The lowest BCUT2D eigenvalue weighted by Crippen LogP contribution is -2.15. The Morgan fingerprint density at radius 3 is 2.22 bits per heavy atom. The Bertz CT molecular complexity index is 1080. The summed E-state index contributed by atoms with van der Waals surface area (Å²) in [7, 11) is -3.89. The zero-order valence-corrected chi connectivity index (χ0v) is 15.3. The number of nitrogens with one attached hydrogen (secondary N) is 2. The molecule has 0 saturated heterocycles. The average molecular weight is 384 g/mol. The van der Waals surface area contributed by atoms with Gasteiger partial charge in [-0.3, -0.25) is 9.52 Å². The first-order valence-corrected chi connectivity index (χ1v) is 9.58. The van der Waals surface area contributed by atoms with E-state index >= 15 is 0 Å². The highest BCUT2D eigenvalue weighted by atomic mass is 32.2. The van der Waals surface area contributed by atoms with Gasteiger partial charge >= 0.3 is 0 Å². The number of rotatable bonds is 5. The van der Waals surface area contributed by atoms with Gasteiger partial charge in [0.1, 0.15) is 5.82 Å². The molecule has 0 saturated carbocycles. The predicted molar refractivity (Wildman–Crippen MR) is 103 cm³/mol. The van der Waals surface area contributed by atoms with E-state index in [-0.39, 0.29) is 16.5 Å². The van der Waals surface area contributed by atoms with Crippen LogP contribution in [0.2, 0.25) is 0 Å². The number of halogens is 1. The molecule has 0 atom stereocenters. The number of amides is 1. The molecule has 27 heavy (non-hydrogen) atoms. The summed E-state index contributed by atoms with van der Waals surface area (Å²) < 4.78 is 40.3. The second-order valence-corrected chi connectivity index (χ2v) is 7.65. The molecule has 1 amide bonds. The maximum Gasteiger partial charge on any atom is 0.261 e. The van der Waals surface area contributed by atoms with Crippen molar-refractivity contribution >= 4 is 27.3 Å². The van der Waals surface area contributed by atoms with Crippen LogP contribution in [0.25, 0.3) is 0 Å². The van der Waals surface area contributed by atoms with E-state index in [2.05, 4.69) is 10.0 Å². The molecule has 0 unspecified atom stereocenters. The van der Waals surface area contributed by atoms with Gasteiger partial charge in [0.05, 0.1) is 10.6 Å². The fourth-order valence-electron chi connectivity index (χ4n) is 2.48. The molecule has 3 rings (SSSR count). The van der Waals surface area contributed by atoms with Gasteiger partial charge < -0.3 is 5.32 Å². The molecule has 3 aromatic rings. The maximum absolute atomic E-state index is 13.2. The van der Waals surface area contributed by atoms with Gasteiger partial charge in [-0.05, 0) is 67.1 Å². The van der Waals surface area contributed by atoms with Gasteiger partial charge in [-0.2, -0.15) is 0 Å². The molecule has 0 spiro atoms. The molecule has 3 aromatic carbocycles. The van der Waals surface area contributed by atoms with E-state index in [0.717, 1.165) is 11.6 Å². The first-order chi connectivity index (χ1) is 12.8. The van der Waals surface area contributed by atoms with Gasteiger partial charge in [0, 0.05) is 11.3 Å². The smallest absolute Gasteiger partial charge is 0.261 e. The second kappa shape index (κ2) is 7.59.